The number of aliphatic hydroxyl groups is 1. The molecule has 50 heteroatoms. The van der Waals surface area contributed by atoms with E-state index in [-0.39, 0.29) is 61.3 Å². The molecule has 18 atom stereocenters. The van der Waals surface area contributed by atoms with Crippen LogP contribution in [0.25, 0.3) is 11.2 Å². The van der Waals surface area contributed by atoms with Crippen LogP contribution in [0.15, 0.2) is 108 Å². The van der Waals surface area contributed by atoms with Crippen LogP contribution in [0.1, 0.15) is 56.6 Å². The van der Waals surface area contributed by atoms with E-state index in [2.05, 4.69) is 45.1 Å². The van der Waals surface area contributed by atoms with Crippen molar-refractivity contribution in [3.8, 4) is 0 Å². The molecule has 0 spiro atoms. The zero-order valence-electron chi connectivity index (χ0n) is 51.9. The Kier molecular flexibility index (Phi) is 21.2. The molecule has 0 radical (unpaired) electrons. The average Bonchev–Trinajstić information content (AvgIpc) is 1.59. The van der Waals surface area contributed by atoms with Gasteiger partial charge in [0.2, 0.25) is 0 Å². The summed E-state index contributed by atoms with van der Waals surface area (Å²) in [4.78, 5) is 124. The van der Waals surface area contributed by atoms with Crippen LogP contribution in [0.4, 0.5) is 17.5 Å². The molecule has 10 N–H and O–H groups in total. The van der Waals surface area contributed by atoms with Crippen LogP contribution < -0.4 is 56.8 Å². The van der Waals surface area contributed by atoms with Crippen molar-refractivity contribution in [2.24, 2.45) is 0 Å². The highest BCUT2D eigenvalue weighted by atomic mass is 31.2. The van der Waals surface area contributed by atoms with Gasteiger partial charge in [-0.05, 0) is 12.1 Å². The van der Waals surface area contributed by atoms with Crippen molar-refractivity contribution in [2.45, 2.75) is 112 Å². The van der Waals surface area contributed by atoms with Gasteiger partial charge in [0, 0.05) is 62.4 Å². The second kappa shape index (κ2) is 30.0. The van der Waals surface area contributed by atoms with Crippen LogP contribution in [-0.4, -0.2) is 197 Å². The number of aliphatic hydroxyl groups excluding tert-OH is 1. The summed E-state index contributed by atoms with van der Waals surface area (Å²) in [6.07, 6.45) is -12.4. The lowest BCUT2D eigenvalue weighted by Crippen LogP contribution is -2.33. The summed E-state index contributed by atoms with van der Waals surface area (Å²) in [5.41, 5.74) is 11.9. The van der Waals surface area contributed by atoms with E-state index in [1.165, 1.54) is 47.8 Å². The molecule has 47 nitrogen and oxygen atoms in total. The summed E-state index contributed by atoms with van der Waals surface area (Å²) in [5, 5.41) is 17.6. The molecule has 0 aliphatic carbocycles. The second-order valence-electron chi connectivity index (χ2n) is 22.5. The van der Waals surface area contributed by atoms with E-state index in [4.69, 9.17) is 96.0 Å². The molecule has 0 bridgehead atoms. The number of nitrogens with two attached hydrogens (primary N) is 3. The van der Waals surface area contributed by atoms with Crippen LogP contribution >= 0.6 is 23.5 Å². The van der Waals surface area contributed by atoms with Crippen molar-refractivity contribution in [1.29, 1.82) is 0 Å². The van der Waals surface area contributed by atoms with Crippen molar-refractivity contribution in [3.05, 3.63) is 147 Å². The minimum atomic E-state index is -5.38. The minimum absolute atomic E-state index is 0.0560. The number of imidazole rings is 1. The number of anilines is 3. The Morgan fingerprint density at radius 2 is 0.950 bits per heavy atom. The molecular formula is C51H61N18O29P3. The molecule has 7 aromatic heterocycles. The number of nitrogens with one attached hydrogen (secondary N) is 2. The topological polar surface area (TPSA) is 598 Å². The second-order valence-corrected chi connectivity index (χ2v) is 27.2. The lowest BCUT2D eigenvalue weighted by molar-refractivity contribution is -0.108. The largest absolute Gasteiger partial charge is 0.475 e. The van der Waals surface area contributed by atoms with Crippen LogP contribution in [0.3, 0.4) is 0 Å². The zero-order valence-corrected chi connectivity index (χ0v) is 54.6. The van der Waals surface area contributed by atoms with Crippen LogP contribution in [-0.2, 0) is 92.5 Å². The molecule has 6 fully saturated rings. The maximum atomic E-state index is 15.8. The molecule has 18 unspecified atom stereocenters. The Bertz CT molecular complexity index is 4750. The third-order valence-electron chi connectivity index (χ3n) is 15.9. The Hall–Kier alpha value is -8.19. The van der Waals surface area contributed by atoms with E-state index < -0.39 is 202 Å². The van der Waals surface area contributed by atoms with Gasteiger partial charge in [-0.25, -0.2) is 52.6 Å². The number of aromatic nitrogens is 15. The molecule has 7 aromatic rings. The molecule has 13 heterocycles. The molecule has 0 saturated carbocycles. The highest BCUT2D eigenvalue weighted by molar-refractivity contribution is 7.48. The summed E-state index contributed by atoms with van der Waals surface area (Å²) in [6.45, 7) is -5.92. The Labute approximate surface area is 561 Å². The van der Waals surface area contributed by atoms with Gasteiger partial charge in [0.15, 0.2) is 49.0 Å². The molecule has 101 heavy (non-hydrogen) atoms. The van der Waals surface area contributed by atoms with E-state index in [9.17, 15) is 48.1 Å². The summed E-state index contributed by atoms with van der Waals surface area (Å²) in [5.74, 6) is -0.200. The number of aromatic amines is 2. The van der Waals surface area contributed by atoms with Gasteiger partial charge in [0.05, 0.1) is 52.2 Å². The first kappa shape index (κ1) is 71.2. The summed E-state index contributed by atoms with van der Waals surface area (Å²) in [7, 11) is -15.9. The predicted molar refractivity (Wildman–Crippen MR) is 326 cm³/mol. The molecule has 6 aliphatic rings. The van der Waals surface area contributed by atoms with Crippen molar-refractivity contribution < 1.29 is 103 Å². The molecule has 13 rings (SSSR count). The number of nitrogen functional groups attached to an aromatic ring is 3. The number of fused-ring (bicyclic) bond motifs is 1. The molecular weight excluding hydrogens is 1420 g/mol. The van der Waals surface area contributed by atoms with Crippen LogP contribution in [0.5, 0.6) is 0 Å². The molecule has 6 saturated heterocycles. The van der Waals surface area contributed by atoms with E-state index in [1.54, 1.807) is 0 Å². The number of rotatable bonds is 28. The number of ether oxygens (including phenoxy) is 9. The van der Waals surface area contributed by atoms with Crippen molar-refractivity contribution in [3.63, 3.8) is 0 Å². The maximum Gasteiger partial charge on any atom is 0.475 e. The molecule has 544 valence electrons. The fraction of sp³-hybridized carbons (Fsp3) is 0.529. The number of phosphoric acid groups is 3. The number of hydrogen-bond acceptors (Lipinski definition) is 38. The number of hydrogen-bond donors (Lipinski definition) is 7. The van der Waals surface area contributed by atoms with Gasteiger partial charge in [-0.1, -0.05) is 5.10 Å². The van der Waals surface area contributed by atoms with Crippen LogP contribution in [0.2, 0.25) is 0 Å². The lowest BCUT2D eigenvalue weighted by atomic mass is 10.2. The highest BCUT2D eigenvalue weighted by Crippen LogP contribution is 2.58. The summed E-state index contributed by atoms with van der Waals surface area (Å²) in [6, 6.07) is 4.67. The quantitative estimate of drug-likeness (QED) is 0.0238. The van der Waals surface area contributed by atoms with Gasteiger partial charge < -0.3 is 69.8 Å². The van der Waals surface area contributed by atoms with Gasteiger partial charge in [0.1, 0.15) is 98.6 Å². The highest BCUT2D eigenvalue weighted by Gasteiger charge is 2.50. The van der Waals surface area contributed by atoms with Gasteiger partial charge in [-0.15, -0.1) is 0 Å². The fourth-order valence-electron chi connectivity index (χ4n) is 11.2. The third-order valence-corrected chi connectivity index (χ3v) is 19.9. The lowest BCUT2D eigenvalue weighted by Gasteiger charge is -2.28. The van der Waals surface area contributed by atoms with Crippen LogP contribution in [0, 0.1) is 0 Å². The van der Waals surface area contributed by atoms with Gasteiger partial charge in [0.25, 0.3) is 11.1 Å². The standard InChI is InChI=1S/C51H61N18O29P3/c52-31-1-6-66(47(73)59-31)38-17-82-41(93-38)20-85-99(78,79)96-26-12-37(69-24-57-46-44(69)45(54)55-23-56-46)92-29(26)15-86-101(81,89-22-43-84-19-40(95-43)68-10-5-58-63-51(68)77)98-27-13-36(65-9-4-34(72)62-50(65)76)91-30(27)16-87-100(80,88-21-42-83-18-39(94-42)67-7-2-32(53)60-48(67)74)97-25-11-35(90-28(25)14-70)64-8-3-33(71)61-49(64)75/h1-10,23-30,35-43,70H,11-22H2,(H,78,79)(H2,52,59,73)(H2,53,60,74)(H2,54,55,56)(H,61,71,75)(H,62,72,76). The first-order valence-corrected chi connectivity index (χ1v) is 34.7. The predicted octanol–water partition coefficient (Wildman–Crippen LogP) is -3.14. The average molecular weight is 1480 g/mol. The fourth-order valence-corrected chi connectivity index (χ4v) is 14.9. The Balaban J connectivity index is 0.786. The Morgan fingerprint density at radius 3 is 1.44 bits per heavy atom. The van der Waals surface area contributed by atoms with E-state index in [0.29, 0.717) is 0 Å². The van der Waals surface area contributed by atoms with Crippen molar-refractivity contribution in [1.82, 2.24) is 72.5 Å². The smallest absolute Gasteiger partial charge is 0.394 e. The van der Waals surface area contributed by atoms with Crippen molar-refractivity contribution >= 4 is 52.1 Å². The third kappa shape index (κ3) is 16.5. The first-order chi connectivity index (χ1) is 48.4. The Morgan fingerprint density at radius 1 is 0.505 bits per heavy atom. The van der Waals surface area contributed by atoms with E-state index in [0.717, 1.165) is 53.7 Å². The maximum absolute atomic E-state index is 15.8. The number of nitrogens with zero attached hydrogens (tertiary/aromatic N) is 13. The van der Waals surface area contributed by atoms with Gasteiger partial charge in [-0.3, -0.25) is 83.1 Å². The minimum Gasteiger partial charge on any atom is -0.394 e. The van der Waals surface area contributed by atoms with E-state index in [1.807, 2.05) is 0 Å². The van der Waals surface area contributed by atoms with E-state index >= 15 is 9.13 Å². The SMILES string of the molecule is Nc1ccn(C2COC(COP(=O)(O)OC3CC(n4cnc5ncnc(N)c54)OC3COP(=O)(OCC3OCC(n4ccnnc4=O)O3)OC3CC(n4ccc(=O)[nH]c4=O)OC3COP(=O)(OCC3OCC(n4ccc(N)nc4=O)O3)OC3CC(n4ccc(=O)[nH]c4=O)OC3CO)O2)c(=O)n1. The number of H-pyrrole nitrogens is 2. The normalized spacial score (nSPS) is 29.3. The molecule has 6 aliphatic heterocycles. The molecule has 0 amide bonds. The first-order valence-electron chi connectivity index (χ1n) is 30.3. The van der Waals surface area contributed by atoms with Gasteiger partial charge in [-0.2, -0.15) is 15.1 Å². The molecule has 0 aromatic carbocycles. The summed E-state index contributed by atoms with van der Waals surface area (Å²) < 4.78 is 152. The zero-order chi connectivity index (χ0) is 70.9. The number of phosphoric ester groups is 3. The van der Waals surface area contributed by atoms with Gasteiger partial charge >= 0.3 is 51.9 Å². The summed E-state index contributed by atoms with van der Waals surface area (Å²) >= 11 is 0. The monoisotopic (exact) mass is 1480 g/mol. The van der Waals surface area contributed by atoms with Crippen molar-refractivity contribution in [2.75, 3.05) is 76.7 Å².